The van der Waals surface area contributed by atoms with E-state index in [1.54, 1.807) is 14.1 Å². The molecule has 0 saturated carbocycles. The number of nitrogen functional groups attached to an aromatic ring is 1. The predicted molar refractivity (Wildman–Crippen MR) is 146 cm³/mol. The number of benzene rings is 2. The molecule has 0 spiro atoms. The van der Waals surface area contributed by atoms with Crippen LogP contribution in [-0.2, 0) is 4.79 Å². The highest BCUT2D eigenvalue weighted by Gasteiger charge is 2.32. The molecule has 10 nitrogen and oxygen atoms in total. The lowest BCUT2D eigenvalue weighted by atomic mass is 10.1. The number of nitrogens with two attached hydrogens (primary N) is 1. The Bertz CT molecular complexity index is 1510. The van der Waals surface area contributed by atoms with Crippen molar-refractivity contribution in [1.29, 1.82) is 0 Å². The molecule has 2 aromatic heterocycles. The van der Waals surface area contributed by atoms with Crippen LogP contribution in [0.1, 0.15) is 32.7 Å². The monoisotopic (exact) mass is 513 g/mol. The lowest BCUT2D eigenvalue weighted by molar-refractivity contribution is -0.151. The molecule has 4 aromatic rings. The Kier molecular flexibility index (Phi) is 6.97. The van der Waals surface area contributed by atoms with E-state index in [9.17, 15) is 9.59 Å². The number of aromatic nitrogens is 4. The van der Waals surface area contributed by atoms with Crippen LogP contribution in [0.3, 0.4) is 0 Å². The summed E-state index contributed by atoms with van der Waals surface area (Å²) in [5, 5.41) is 3.71. The van der Waals surface area contributed by atoms with Crippen molar-refractivity contribution in [3.05, 3.63) is 84.1 Å². The van der Waals surface area contributed by atoms with Crippen LogP contribution < -0.4 is 16.2 Å². The van der Waals surface area contributed by atoms with Crippen molar-refractivity contribution in [2.75, 3.05) is 18.8 Å². The third-order valence-corrected chi connectivity index (χ3v) is 6.69. The van der Waals surface area contributed by atoms with Gasteiger partial charge in [-0.2, -0.15) is 0 Å². The standard InChI is InChI=1S/C28H31N7O3/c1-4-24(36)35(19(2)3)32-16-8-9-21(17-32)34-27-25(26(29)30-18-31-27)33(28(34)37)20-12-14-23(15-13-20)38-22-10-6-5-7-11-22/h4-7,10-15,18-19,21H,1,8-9,16-17H2,2-3H3,(H2,29,30,31)/t21-/m1/s1. The first-order valence-corrected chi connectivity index (χ1v) is 12.7. The minimum atomic E-state index is -0.262. The Morgan fingerprint density at radius 1 is 1.13 bits per heavy atom. The summed E-state index contributed by atoms with van der Waals surface area (Å²) in [4.78, 5) is 35.2. The second-order valence-electron chi connectivity index (χ2n) is 9.52. The molecule has 1 amide bonds. The molecule has 1 atom stereocenters. The maximum Gasteiger partial charge on any atom is 0.335 e. The minimum absolute atomic E-state index is 0.0492. The number of rotatable bonds is 7. The molecule has 196 valence electrons. The van der Waals surface area contributed by atoms with E-state index in [4.69, 9.17) is 10.5 Å². The van der Waals surface area contributed by atoms with Gasteiger partial charge in [-0.25, -0.2) is 19.8 Å². The van der Waals surface area contributed by atoms with Gasteiger partial charge in [0.2, 0.25) is 0 Å². The Labute approximate surface area is 220 Å². The van der Waals surface area contributed by atoms with Crippen molar-refractivity contribution >= 4 is 22.9 Å². The van der Waals surface area contributed by atoms with Crippen molar-refractivity contribution in [3.63, 3.8) is 0 Å². The number of imidazole rings is 1. The number of nitrogens with zero attached hydrogens (tertiary/aromatic N) is 6. The molecular weight excluding hydrogens is 482 g/mol. The number of fused-ring (bicyclic) bond motifs is 1. The number of hydrogen-bond donors (Lipinski definition) is 1. The average molecular weight is 514 g/mol. The van der Waals surface area contributed by atoms with Gasteiger partial charge in [-0.1, -0.05) is 24.8 Å². The Hall–Kier alpha value is -4.44. The number of piperidine rings is 1. The molecule has 2 aromatic carbocycles. The van der Waals surface area contributed by atoms with Crippen LogP contribution in [0.25, 0.3) is 16.9 Å². The van der Waals surface area contributed by atoms with E-state index in [1.165, 1.54) is 12.4 Å². The van der Waals surface area contributed by atoms with E-state index in [1.807, 2.05) is 73.5 Å². The van der Waals surface area contributed by atoms with E-state index in [0.29, 0.717) is 35.7 Å². The highest BCUT2D eigenvalue weighted by atomic mass is 16.5. The quantitative estimate of drug-likeness (QED) is 0.373. The summed E-state index contributed by atoms with van der Waals surface area (Å²) in [6.07, 6.45) is 4.26. The summed E-state index contributed by atoms with van der Waals surface area (Å²) in [5.41, 5.74) is 7.57. The molecule has 0 radical (unpaired) electrons. The van der Waals surface area contributed by atoms with Crippen molar-refractivity contribution in [3.8, 4) is 17.2 Å². The molecule has 1 aliphatic rings. The maximum absolute atomic E-state index is 14.0. The van der Waals surface area contributed by atoms with E-state index in [-0.39, 0.29) is 29.5 Å². The number of carbonyl (C=O) groups is 1. The van der Waals surface area contributed by atoms with E-state index in [2.05, 4.69) is 16.5 Å². The normalized spacial score (nSPS) is 16.0. The van der Waals surface area contributed by atoms with Crippen molar-refractivity contribution < 1.29 is 9.53 Å². The van der Waals surface area contributed by atoms with Gasteiger partial charge in [0.25, 0.3) is 5.91 Å². The summed E-state index contributed by atoms with van der Waals surface area (Å²) in [6.45, 7) is 8.76. The first-order valence-electron chi connectivity index (χ1n) is 12.7. The number of hydrazine groups is 1. The van der Waals surface area contributed by atoms with Gasteiger partial charge in [-0.15, -0.1) is 0 Å². The van der Waals surface area contributed by atoms with Gasteiger partial charge in [0.15, 0.2) is 11.5 Å². The molecule has 0 aliphatic carbocycles. The van der Waals surface area contributed by atoms with Gasteiger partial charge in [0.05, 0.1) is 11.7 Å². The number of para-hydroxylation sites is 1. The fourth-order valence-electron chi connectivity index (χ4n) is 5.08. The van der Waals surface area contributed by atoms with Gasteiger partial charge in [0.1, 0.15) is 23.3 Å². The molecule has 0 bridgehead atoms. The SMILES string of the molecule is C=CC(=O)N(C(C)C)N1CCC[C@@H](n2c(=O)n(-c3ccc(Oc4ccccc4)cc3)c3c(N)ncnc32)C1. The topological polar surface area (TPSA) is 112 Å². The highest BCUT2D eigenvalue weighted by molar-refractivity contribution is 5.87. The largest absolute Gasteiger partial charge is 0.457 e. The smallest absolute Gasteiger partial charge is 0.335 e. The predicted octanol–water partition coefficient (Wildman–Crippen LogP) is 3.93. The Balaban J connectivity index is 1.53. The van der Waals surface area contributed by atoms with E-state index < -0.39 is 0 Å². The van der Waals surface area contributed by atoms with Crippen LogP contribution in [0.15, 0.2) is 78.4 Å². The molecular formula is C28H31N7O3. The van der Waals surface area contributed by atoms with Crippen molar-refractivity contribution in [1.82, 2.24) is 29.1 Å². The van der Waals surface area contributed by atoms with Crippen LogP contribution >= 0.6 is 0 Å². The molecule has 2 N–H and O–H groups in total. The zero-order valence-electron chi connectivity index (χ0n) is 21.5. The van der Waals surface area contributed by atoms with E-state index in [0.717, 1.165) is 18.6 Å². The number of ether oxygens (including phenoxy) is 1. The molecule has 10 heteroatoms. The van der Waals surface area contributed by atoms with Crippen LogP contribution in [-0.4, -0.2) is 54.2 Å². The van der Waals surface area contributed by atoms with Crippen LogP contribution in [0.2, 0.25) is 0 Å². The van der Waals surface area contributed by atoms with Crippen molar-refractivity contribution in [2.45, 2.75) is 38.8 Å². The highest BCUT2D eigenvalue weighted by Crippen LogP contribution is 2.29. The minimum Gasteiger partial charge on any atom is -0.457 e. The van der Waals surface area contributed by atoms with Gasteiger partial charge >= 0.3 is 5.69 Å². The summed E-state index contributed by atoms with van der Waals surface area (Å²) < 4.78 is 9.14. The average Bonchev–Trinajstić information content (AvgIpc) is 3.22. The third kappa shape index (κ3) is 4.66. The van der Waals surface area contributed by atoms with Gasteiger partial charge < -0.3 is 10.5 Å². The number of carbonyl (C=O) groups excluding carboxylic acids is 1. The van der Waals surface area contributed by atoms with Gasteiger partial charge in [0, 0.05) is 19.1 Å². The number of amides is 1. The zero-order chi connectivity index (χ0) is 26.8. The molecule has 1 saturated heterocycles. The first-order chi connectivity index (χ1) is 18.4. The van der Waals surface area contributed by atoms with E-state index >= 15 is 0 Å². The van der Waals surface area contributed by atoms with Crippen LogP contribution in [0.4, 0.5) is 5.82 Å². The lowest BCUT2D eigenvalue weighted by Gasteiger charge is -2.42. The second-order valence-corrected chi connectivity index (χ2v) is 9.52. The van der Waals surface area contributed by atoms with Crippen LogP contribution in [0, 0.1) is 0 Å². The molecule has 38 heavy (non-hydrogen) atoms. The number of anilines is 1. The molecule has 0 unspecified atom stereocenters. The third-order valence-electron chi connectivity index (χ3n) is 6.69. The Morgan fingerprint density at radius 3 is 2.53 bits per heavy atom. The summed E-state index contributed by atoms with van der Waals surface area (Å²) in [7, 11) is 0. The van der Waals surface area contributed by atoms with Gasteiger partial charge in [-0.3, -0.25) is 18.9 Å². The fraction of sp³-hybridized carbons (Fsp3) is 0.286. The fourth-order valence-corrected chi connectivity index (χ4v) is 5.08. The zero-order valence-corrected chi connectivity index (χ0v) is 21.5. The number of hydrogen-bond acceptors (Lipinski definition) is 7. The van der Waals surface area contributed by atoms with Crippen molar-refractivity contribution in [2.24, 2.45) is 0 Å². The lowest BCUT2D eigenvalue weighted by Crippen LogP contribution is -2.54. The summed E-state index contributed by atoms with van der Waals surface area (Å²) >= 11 is 0. The molecule has 3 heterocycles. The van der Waals surface area contributed by atoms with Gasteiger partial charge in [-0.05, 0) is 69.2 Å². The first kappa shape index (κ1) is 25.2. The Morgan fingerprint density at radius 2 is 1.84 bits per heavy atom. The molecule has 1 aliphatic heterocycles. The molecule has 1 fully saturated rings. The molecule has 5 rings (SSSR count). The summed E-state index contributed by atoms with van der Waals surface area (Å²) in [6, 6.07) is 16.5. The second kappa shape index (κ2) is 10.5. The van der Waals surface area contributed by atoms with Crippen LogP contribution in [0.5, 0.6) is 11.5 Å². The summed E-state index contributed by atoms with van der Waals surface area (Å²) in [5.74, 6) is 1.41. The maximum atomic E-state index is 14.0.